The summed E-state index contributed by atoms with van der Waals surface area (Å²) in [6.07, 6.45) is 5.96. The molecule has 5 heteroatoms. The zero-order valence-corrected chi connectivity index (χ0v) is 17.6. The highest BCUT2D eigenvalue weighted by atomic mass is 32.1. The molecule has 2 fully saturated rings. The lowest BCUT2D eigenvalue weighted by Crippen LogP contribution is -2.44. The molecule has 2 amide bonds. The highest BCUT2D eigenvalue weighted by Gasteiger charge is 2.46. The van der Waals surface area contributed by atoms with Crippen molar-refractivity contribution in [1.82, 2.24) is 9.80 Å². The smallest absolute Gasteiger partial charge is 0.263 e. The highest BCUT2D eigenvalue weighted by molar-refractivity contribution is 7.12. The van der Waals surface area contributed by atoms with Gasteiger partial charge >= 0.3 is 0 Å². The van der Waals surface area contributed by atoms with Crippen molar-refractivity contribution in [1.29, 1.82) is 0 Å². The van der Waals surface area contributed by atoms with E-state index in [-0.39, 0.29) is 11.3 Å². The lowest BCUT2D eigenvalue weighted by Gasteiger charge is -2.40. The van der Waals surface area contributed by atoms with Crippen LogP contribution < -0.4 is 0 Å². The minimum Gasteiger partial charge on any atom is -0.343 e. The maximum absolute atomic E-state index is 12.8. The van der Waals surface area contributed by atoms with Crippen molar-refractivity contribution in [3.8, 4) is 0 Å². The summed E-state index contributed by atoms with van der Waals surface area (Å²) in [5.41, 5.74) is 2.93. The first-order chi connectivity index (χ1) is 14.2. The van der Waals surface area contributed by atoms with Gasteiger partial charge in [0, 0.05) is 32.6 Å². The summed E-state index contributed by atoms with van der Waals surface area (Å²) in [6.45, 7) is 3.46. The van der Waals surface area contributed by atoms with Gasteiger partial charge < -0.3 is 9.80 Å². The van der Waals surface area contributed by atoms with E-state index in [4.69, 9.17) is 0 Å². The molecule has 1 spiro atoms. The predicted molar refractivity (Wildman–Crippen MR) is 115 cm³/mol. The number of benzene rings is 1. The van der Waals surface area contributed by atoms with Gasteiger partial charge in [-0.3, -0.25) is 9.59 Å². The summed E-state index contributed by atoms with van der Waals surface area (Å²) in [4.78, 5) is 30.5. The lowest BCUT2D eigenvalue weighted by molar-refractivity contribution is -0.130. The Labute approximate surface area is 176 Å². The van der Waals surface area contributed by atoms with Crippen molar-refractivity contribution < 1.29 is 9.59 Å². The summed E-state index contributed by atoms with van der Waals surface area (Å²) in [5, 5.41) is 1.97. The van der Waals surface area contributed by atoms with Gasteiger partial charge in [0.1, 0.15) is 0 Å². The molecule has 1 aliphatic carbocycles. The van der Waals surface area contributed by atoms with Crippen LogP contribution in [0.4, 0.5) is 0 Å². The summed E-state index contributed by atoms with van der Waals surface area (Å²) >= 11 is 1.52. The zero-order chi connectivity index (χ0) is 19.8. The molecule has 152 valence electrons. The van der Waals surface area contributed by atoms with E-state index in [9.17, 15) is 9.59 Å². The molecule has 1 atom stereocenters. The number of piperidine rings is 1. The summed E-state index contributed by atoms with van der Waals surface area (Å²) in [7, 11) is 0. The number of thiophene rings is 1. The van der Waals surface area contributed by atoms with Crippen molar-refractivity contribution in [2.75, 3.05) is 26.2 Å². The highest BCUT2D eigenvalue weighted by Crippen LogP contribution is 2.52. The summed E-state index contributed by atoms with van der Waals surface area (Å²) in [6, 6.07) is 12.6. The third-order valence-corrected chi connectivity index (χ3v) is 8.09. The van der Waals surface area contributed by atoms with Crippen LogP contribution in [0.5, 0.6) is 0 Å². The number of amides is 2. The third kappa shape index (κ3) is 3.39. The van der Waals surface area contributed by atoms with Crippen LogP contribution in [0, 0.1) is 0 Å². The average molecular weight is 409 g/mol. The van der Waals surface area contributed by atoms with Crippen LogP contribution in [0.25, 0.3) is 0 Å². The Morgan fingerprint density at radius 3 is 2.45 bits per heavy atom. The quantitative estimate of drug-likeness (QED) is 0.754. The van der Waals surface area contributed by atoms with Crippen LogP contribution in [0.3, 0.4) is 0 Å². The van der Waals surface area contributed by atoms with Gasteiger partial charge in [0.05, 0.1) is 4.88 Å². The minimum absolute atomic E-state index is 0.124. The molecule has 4 nitrogen and oxygen atoms in total. The lowest BCUT2D eigenvalue weighted by atomic mass is 9.73. The van der Waals surface area contributed by atoms with Crippen LogP contribution in [0.2, 0.25) is 0 Å². The molecule has 1 aromatic carbocycles. The molecule has 2 saturated heterocycles. The first-order valence-electron chi connectivity index (χ1n) is 10.9. The fraction of sp³-hybridized carbons (Fsp3) is 0.500. The molecule has 3 heterocycles. The number of hydrogen-bond acceptors (Lipinski definition) is 3. The van der Waals surface area contributed by atoms with Crippen molar-refractivity contribution in [3.63, 3.8) is 0 Å². The zero-order valence-electron chi connectivity index (χ0n) is 16.8. The predicted octanol–water partition coefficient (Wildman–Crippen LogP) is 4.42. The summed E-state index contributed by atoms with van der Waals surface area (Å²) < 4.78 is 0. The standard InChI is InChI=1S/C24H28N2O2S/c27-22(25-11-3-4-12-25)16-18-17-24(20-7-2-1-6-19(18)20)9-13-26(14-10-24)23(28)21-8-5-15-29-21/h1-2,5-8,15,18H,3-4,9-14,16-17H2/t18-/m1/s1. The molecule has 0 bridgehead atoms. The fourth-order valence-corrected chi connectivity index (χ4v) is 6.37. The van der Waals surface area contributed by atoms with Gasteiger partial charge in [-0.1, -0.05) is 30.3 Å². The number of fused-ring (bicyclic) bond motifs is 2. The van der Waals surface area contributed by atoms with Crippen LogP contribution >= 0.6 is 11.3 Å². The van der Waals surface area contributed by atoms with Gasteiger partial charge in [-0.05, 0) is 66.0 Å². The number of carbonyl (C=O) groups is 2. The van der Waals surface area contributed by atoms with E-state index in [1.54, 1.807) is 0 Å². The normalized spacial score (nSPS) is 22.8. The van der Waals surface area contributed by atoms with Gasteiger partial charge in [-0.15, -0.1) is 11.3 Å². The monoisotopic (exact) mass is 408 g/mol. The molecule has 0 radical (unpaired) electrons. The second-order valence-corrected chi connectivity index (χ2v) is 9.78. The Hall–Kier alpha value is -2.14. The third-order valence-electron chi connectivity index (χ3n) is 7.23. The molecule has 5 rings (SSSR count). The molecule has 0 unspecified atom stereocenters. The molecule has 2 aliphatic heterocycles. The Kier molecular flexibility index (Phi) is 4.94. The molecule has 0 saturated carbocycles. The van der Waals surface area contributed by atoms with Gasteiger partial charge in [-0.2, -0.15) is 0 Å². The molecule has 0 N–H and O–H groups in total. The Morgan fingerprint density at radius 2 is 1.72 bits per heavy atom. The molecule has 3 aliphatic rings. The average Bonchev–Trinajstić information content (AvgIpc) is 3.51. The van der Waals surface area contributed by atoms with E-state index >= 15 is 0 Å². The number of likely N-dealkylation sites (tertiary alicyclic amines) is 2. The van der Waals surface area contributed by atoms with Crippen LogP contribution in [-0.4, -0.2) is 47.8 Å². The Bertz CT molecular complexity index is 893. The van der Waals surface area contributed by atoms with Crippen molar-refractivity contribution >= 4 is 23.2 Å². The largest absolute Gasteiger partial charge is 0.343 e. The van der Waals surface area contributed by atoms with Crippen molar-refractivity contribution in [3.05, 3.63) is 57.8 Å². The van der Waals surface area contributed by atoms with Crippen LogP contribution in [-0.2, 0) is 10.2 Å². The van der Waals surface area contributed by atoms with Crippen molar-refractivity contribution in [2.24, 2.45) is 0 Å². The van der Waals surface area contributed by atoms with E-state index in [1.165, 1.54) is 22.5 Å². The SMILES string of the molecule is O=C(C[C@@H]1CC2(CCN(C(=O)c3cccs3)CC2)c2ccccc21)N1CCCC1. The first-order valence-corrected chi connectivity index (χ1v) is 11.7. The van der Waals surface area contributed by atoms with E-state index in [0.717, 1.165) is 63.2 Å². The number of carbonyl (C=O) groups excluding carboxylic acids is 2. The molecule has 1 aromatic heterocycles. The minimum atomic E-state index is 0.124. The molecule has 29 heavy (non-hydrogen) atoms. The number of nitrogens with zero attached hydrogens (tertiary/aromatic N) is 2. The van der Waals surface area contributed by atoms with Crippen LogP contribution in [0.1, 0.15) is 65.2 Å². The van der Waals surface area contributed by atoms with Gasteiger partial charge in [0.25, 0.3) is 5.91 Å². The van der Waals surface area contributed by atoms with Crippen LogP contribution in [0.15, 0.2) is 41.8 Å². The second-order valence-electron chi connectivity index (χ2n) is 8.83. The maximum atomic E-state index is 12.8. The fourth-order valence-electron chi connectivity index (χ4n) is 5.68. The first kappa shape index (κ1) is 18.9. The van der Waals surface area contributed by atoms with E-state index < -0.39 is 0 Å². The van der Waals surface area contributed by atoms with Gasteiger partial charge in [0.15, 0.2) is 0 Å². The topological polar surface area (TPSA) is 40.6 Å². The van der Waals surface area contributed by atoms with E-state index in [1.807, 2.05) is 22.4 Å². The Morgan fingerprint density at radius 1 is 0.966 bits per heavy atom. The number of rotatable bonds is 3. The molecular weight excluding hydrogens is 380 g/mol. The van der Waals surface area contributed by atoms with Gasteiger partial charge in [-0.25, -0.2) is 0 Å². The van der Waals surface area contributed by atoms with Crippen molar-refractivity contribution in [2.45, 2.75) is 49.9 Å². The number of hydrogen-bond donors (Lipinski definition) is 0. The molecule has 2 aromatic rings. The van der Waals surface area contributed by atoms with Gasteiger partial charge in [0.2, 0.25) is 5.91 Å². The Balaban J connectivity index is 1.32. The summed E-state index contributed by atoms with van der Waals surface area (Å²) in [5.74, 6) is 0.811. The maximum Gasteiger partial charge on any atom is 0.263 e. The second kappa shape index (κ2) is 7.60. The van der Waals surface area contributed by atoms with E-state index in [2.05, 4.69) is 29.2 Å². The molecular formula is C24H28N2O2S. The van der Waals surface area contributed by atoms with E-state index in [0.29, 0.717) is 18.2 Å².